The maximum atomic E-state index is 12.9. The van der Waals surface area contributed by atoms with Crippen LogP contribution in [0.2, 0.25) is 0 Å². The highest BCUT2D eigenvalue weighted by atomic mass is 16.4. The number of carboxylic acids is 1. The van der Waals surface area contributed by atoms with Gasteiger partial charge in [-0.2, -0.15) is 0 Å². The zero-order valence-electron chi connectivity index (χ0n) is 15.3. The molecular formula is C20H26N2O4. The topological polar surface area (TPSA) is 77.9 Å². The monoisotopic (exact) mass is 358 g/mol. The Morgan fingerprint density at radius 1 is 1.19 bits per heavy atom. The Morgan fingerprint density at radius 2 is 1.88 bits per heavy atom. The summed E-state index contributed by atoms with van der Waals surface area (Å²) in [5.74, 6) is -1.59. The molecule has 2 aliphatic heterocycles. The fourth-order valence-electron chi connectivity index (χ4n) is 4.15. The Bertz CT molecular complexity index is 690. The average molecular weight is 358 g/mol. The molecule has 0 aromatic heterocycles. The van der Waals surface area contributed by atoms with E-state index in [1.165, 1.54) is 0 Å². The molecule has 1 N–H and O–H groups in total. The number of likely N-dealkylation sites (tertiary alicyclic amines) is 2. The predicted octanol–water partition coefficient (Wildman–Crippen LogP) is 2.17. The SMILES string of the molecule is CC1CN(C(=O)C2CC(=O)N(C(C)c3ccccc3)C2)CCC1C(=O)O. The number of amides is 2. The third-order valence-electron chi connectivity index (χ3n) is 5.79. The number of rotatable bonds is 4. The smallest absolute Gasteiger partial charge is 0.306 e. The number of carbonyl (C=O) groups excluding carboxylic acids is 2. The number of hydrogen-bond donors (Lipinski definition) is 1. The fourth-order valence-corrected chi connectivity index (χ4v) is 4.15. The number of nitrogens with zero attached hydrogens (tertiary/aromatic N) is 2. The first kappa shape index (κ1) is 18.4. The lowest BCUT2D eigenvalue weighted by Gasteiger charge is -2.36. The van der Waals surface area contributed by atoms with E-state index in [2.05, 4.69) is 0 Å². The molecule has 4 atom stereocenters. The van der Waals surface area contributed by atoms with Crippen molar-refractivity contribution in [1.29, 1.82) is 0 Å². The molecule has 2 amide bonds. The lowest BCUT2D eigenvalue weighted by molar-refractivity contribution is -0.149. The Kier molecular flexibility index (Phi) is 5.30. The van der Waals surface area contributed by atoms with Crippen molar-refractivity contribution in [3.05, 3.63) is 35.9 Å². The molecule has 6 nitrogen and oxygen atoms in total. The van der Waals surface area contributed by atoms with Crippen LogP contribution >= 0.6 is 0 Å². The molecule has 3 rings (SSSR count). The Labute approximate surface area is 153 Å². The van der Waals surface area contributed by atoms with Gasteiger partial charge >= 0.3 is 5.97 Å². The van der Waals surface area contributed by atoms with Gasteiger partial charge < -0.3 is 14.9 Å². The van der Waals surface area contributed by atoms with Crippen molar-refractivity contribution < 1.29 is 19.5 Å². The van der Waals surface area contributed by atoms with Crippen molar-refractivity contribution in [1.82, 2.24) is 9.80 Å². The minimum absolute atomic E-state index is 0.00757. The van der Waals surface area contributed by atoms with E-state index in [9.17, 15) is 19.5 Å². The van der Waals surface area contributed by atoms with Crippen LogP contribution in [0, 0.1) is 17.8 Å². The zero-order valence-corrected chi connectivity index (χ0v) is 15.3. The summed E-state index contributed by atoms with van der Waals surface area (Å²) < 4.78 is 0. The van der Waals surface area contributed by atoms with Crippen molar-refractivity contribution in [2.75, 3.05) is 19.6 Å². The molecule has 0 aliphatic carbocycles. The van der Waals surface area contributed by atoms with Gasteiger partial charge in [0, 0.05) is 26.1 Å². The van der Waals surface area contributed by atoms with E-state index in [4.69, 9.17) is 0 Å². The van der Waals surface area contributed by atoms with E-state index >= 15 is 0 Å². The molecule has 26 heavy (non-hydrogen) atoms. The van der Waals surface area contributed by atoms with Gasteiger partial charge in [0.15, 0.2) is 0 Å². The summed E-state index contributed by atoms with van der Waals surface area (Å²) in [5.41, 5.74) is 1.06. The molecular weight excluding hydrogens is 332 g/mol. The van der Waals surface area contributed by atoms with Crippen molar-refractivity contribution in [2.24, 2.45) is 17.8 Å². The summed E-state index contributed by atoms with van der Waals surface area (Å²) in [5, 5.41) is 9.23. The molecule has 0 radical (unpaired) electrons. The molecule has 2 saturated heterocycles. The summed E-state index contributed by atoms with van der Waals surface area (Å²) in [7, 11) is 0. The molecule has 0 bridgehead atoms. The van der Waals surface area contributed by atoms with Gasteiger partial charge in [-0.1, -0.05) is 37.3 Å². The van der Waals surface area contributed by atoms with Gasteiger partial charge in [-0.25, -0.2) is 0 Å². The largest absolute Gasteiger partial charge is 0.481 e. The van der Waals surface area contributed by atoms with E-state index in [0.29, 0.717) is 26.1 Å². The fraction of sp³-hybridized carbons (Fsp3) is 0.550. The maximum Gasteiger partial charge on any atom is 0.306 e. The third-order valence-corrected chi connectivity index (χ3v) is 5.79. The minimum Gasteiger partial charge on any atom is -0.481 e. The first-order valence-electron chi connectivity index (χ1n) is 9.24. The average Bonchev–Trinajstić information content (AvgIpc) is 3.02. The van der Waals surface area contributed by atoms with Crippen molar-refractivity contribution in [3.8, 4) is 0 Å². The van der Waals surface area contributed by atoms with Gasteiger partial charge in [0.1, 0.15) is 0 Å². The van der Waals surface area contributed by atoms with E-state index in [1.807, 2.05) is 44.2 Å². The third kappa shape index (κ3) is 3.59. The lowest BCUT2D eigenvalue weighted by Crippen LogP contribution is -2.47. The van der Waals surface area contributed by atoms with Gasteiger partial charge in [0.2, 0.25) is 11.8 Å². The normalized spacial score (nSPS) is 27.5. The first-order valence-corrected chi connectivity index (χ1v) is 9.24. The molecule has 4 unspecified atom stereocenters. The van der Waals surface area contributed by atoms with Gasteiger partial charge in [0.25, 0.3) is 0 Å². The van der Waals surface area contributed by atoms with Crippen LogP contribution in [0.25, 0.3) is 0 Å². The summed E-state index contributed by atoms with van der Waals surface area (Å²) in [6.45, 7) is 5.21. The number of benzene rings is 1. The van der Waals surface area contributed by atoms with Crippen LogP contribution in [0.5, 0.6) is 0 Å². The summed E-state index contributed by atoms with van der Waals surface area (Å²) in [6.07, 6.45) is 0.719. The second-order valence-corrected chi connectivity index (χ2v) is 7.53. The first-order chi connectivity index (χ1) is 12.4. The molecule has 2 heterocycles. The summed E-state index contributed by atoms with van der Waals surface area (Å²) in [4.78, 5) is 40.1. The molecule has 2 aliphatic rings. The second-order valence-electron chi connectivity index (χ2n) is 7.53. The highest BCUT2D eigenvalue weighted by molar-refractivity contribution is 5.89. The molecule has 1 aromatic carbocycles. The Morgan fingerprint density at radius 3 is 2.50 bits per heavy atom. The molecule has 0 spiro atoms. The number of hydrogen-bond acceptors (Lipinski definition) is 3. The molecule has 1 aromatic rings. The van der Waals surface area contributed by atoms with Crippen LogP contribution in [0.15, 0.2) is 30.3 Å². The van der Waals surface area contributed by atoms with Gasteiger partial charge in [-0.3, -0.25) is 14.4 Å². The van der Waals surface area contributed by atoms with Crippen LogP contribution in [-0.4, -0.2) is 52.3 Å². The van der Waals surface area contributed by atoms with Crippen LogP contribution in [0.3, 0.4) is 0 Å². The van der Waals surface area contributed by atoms with Gasteiger partial charge in [-0.05, 0) is 24.8 Å². The zero-order chi connectivity index (χ0) is 18.8. The van der Waals surface area contributed by atoms with Gasteiger partial charge in [0.05, 0.1) is 17.9 Å². The summed E-state index contributed by atoms with van der Waals surface area (Å²) >= 11 is 0. The second kappa shape index (κ2) is 7.48. The molecule has 140 valence electrons. The molecule has 2 fully saturated rings. The van der Waals surface area contributed by atoms with E-state index < -0.39 is 5.97 Å². The molecule has 0 saturated carbocycles. The van der Waals surface area contributed by atoms with Gasteiger partial charge in [-0.15, -0.1) is 0 Å². The quantitative estimate of drug-likeness (QED) is 0.895. The number of carbonyl (C=O) groups is 3. The van der Waals surface area contributed by atoms with Crippen LogP contribution < -0.4 is 0 Å². The molecule has 6 heteroatoms. The van der Waals surface area contributed by atoms with E-state index in [-0.39, 0.29) is 42.0 Å². The van der Waals surface area contributed by atoms with Crippen LogP contribution in [0.1, 0.15) is 38.3 Å². The Hall–Kier alpha value is -2.37. The van der Waals surface area contributed by atoms with Crippen LogP contribution in [-0.2, 0) is 14.4 Å². The van der Waals surface area contributed by atoms with Crippen LogP contribution in [0.4, 0.5) is 0 Å². The van der Waals surface area contributed by atoms with E-state index in [1.54, 1.807) is 9.80 Å². The number of carboxylic acid groups (broad SMARTS) is 1. The standard InChI is InChI=1S/C20H26N2O4/c1-13-11-21(9-8-17(13)20(25)26)19(24)16-10-18(23)22(12-16)14(2)15-6-4-3-5-7-15/h3-7,13-14,16-17H,8-12H2,1-2H3,(H,25,26). The van der Waals surface area contributed by atoms with E-state index in [0.717, 1.165) is 5.56 Å². The van der Waals surface area contributed by atoms with Crippen molar-refractivity contribution in [3.63, 3.8) is 0 Å². The maximum absolute atomic E-state index is 12.9. The number of aliphatic carboxylic acids is 1. The highest BCUT2D eigenvalue weighted by Crippen LogP contribution is 2.31. The Balaban J connectivity index is 1.63. The lowest BCUT2D eigenvalue weighted by atomic mass is 9.86. The van der Waals surface area contributed by atoms with Crippen molar-refractivity contribution >= 4 is 17.8 Å². The summed E-state index contributed by atoms with van der Waals surface area (Å²) in [6, 6.07) is 9.76. The van der Waals surface area contributed by atoms with Crippen molar-refractivity contribution in [2.45, 2.75) is 32.7 Å². The minimum atomic E-state index is -0.788. The number of piperidine rings is 1. The predicted molar refractivity (Wildman–Crippen MR) is 96.2 cm³/mol. The highest BCUT2D eigenvalue weighted by Gasteiger charge is 2.41.